The van der Waals surface area contributed by atoms with Crippen molar-refractivity contribution in [3.05, 3.63) is 65.2 Å². The van der Waals surface area contributed by atoms with Crippen molar-refractivity contribution in [3.8, 4) is 22.8 Å². The van der Waals surface area contributed by atoms with Crippen molar-refractivity contribution in [2.24, 2.45) is 0 Å². The van der Waals surface area contributed by atoms with Gasteiger partial charge in [0.05, 0.1) is 12.8 Å². The Morgan fingerprint density at radius 3 is 2.55 bits per heavy atom. The molecular weight excluding hydrogens is 430 g/mol. The van der Waals surface area contributed by atoms with E-state index in [1.165, 1.54) is 23.8 Å². The van der Waals surface area contributed by atoms with Gasteiger partial charge < -0.3 is 10.1 Å². The maximum atomic E-state index is 11.2. The van der Waals surface area contributed by atoms with Crippen LogP contribution in [-0.4, -0.2) is 32.8 Å². The fourth-order valence-electron chi connectivity index (χ4n) is 2.94. The molecule has 1 amide bonds. The molecule has 0 fully saturated rings. The summed E-state index contributed by atoms with van der Waals surface area (Å²) in [4.78, 5) is 15.7. The molecule has 31 heavy (non-hydrogen) atoms. The third-order valence-corrected chi connectivity index (χ3v) is 6.23. The number of carbonyl (C=O) groups excluding carboxylic acids is 1. The van der Waals surface area contributed by atoms with Crippen LogP contribution < -0.4 is 10.1 Å². The van der Waals surface area contributed by atoms with Gasteiger partial charge in [0.15, 0.2) is 16.1 Å². The number of anilines is 1. The quantitative estimate of drug-likeness (QED) is 0.400. The maximum Gasteiger partial charge on any atom is 0.223 e. The number of nitrogens with zero attached hydrogens (tertiary/aromatic N) is 4. The smallest absolute Gasteiger partial charge is 0.223 e. The van der Waals surface area contributed by atoms with Crippen LogP contribution in [0, 0.1) is 6.92 Å². The monoisotopic (exact) mass is 451 g/mol. The number of nitrogens with one attached hydrogen (secondary N) is 1. The van der Waals surface area contributed by atoms with Crippen molar-refractivity contribution < 1.29 is 9.53 Å². The van der Waals surface area contributed by atoms with Gasteiger partial charge in [-0.1, -0.05) is 29.5 Å². The molecule has 9 heteroatoms. The summed E-state index contributed by atoms with van der Waals surface area (Å²) >= 11 is 2.96. The molecule has 2 aromatic heterocycles. The Morgan fingerprint density at radius 2 is 1.87 bits per heavy atom. The van der Waals surface area contributed by atoms with Crippen LogP contribution >= 0.6 is 23.1 Å². The number of thioether (sulfide) groups is 1. The predicted molar refractivity (Wildman–Crippen MR) is 124 cm³/mol. The molecular formula is C22H21N5O2S2. The van der Waals surface area contributed by atoms with E-state index in [2.05, 4.69) is 51.7 Å². The summed E-state index contributed by atoms with van der Waals surface area (Å²) in [7, 11) is 1.65. The van der Waals surface area contributed by atoms with Crippen LogP contribution in [0.5, 0.6) is 5.75 Å². The number of aromatic nitrogens is 4. The van der Waals surface area contributed by atoms with Gasteiger partial charge in [-0.25, -0.2) is 4.98 Å². The minimum absolute atomic E-state index is 0.128. The predicted octanol–water partition coefficient (Wildman–Crippen LogP) is 4.96. The molecule has 0 aliphatic rings. The minimum Gasteiger partial charge on any atom is -0.497 e. The first kappa shape index (κ1) is 21.1. The molecule has 0 unspecified atom stereocenters. The lowest BCUT2D eigenvalue weighted by Gasteiger charge is -2.11. The Bertz CT molecular complexity index is 1180. The Hall–Kier alpha value is -3.17. The third-order valence-electron chi connectivity index (χ3n) is 4.46. The summed E-state index contributed by atoms with van der Waals surface area (Å²) in [6, 6.07) is 16.0. The number of hydrogen-bond acceptors (Lipinski definition) is 7. The van der Waals surface area contributed by atoms with Gasteiger partial charge in [-0.15, -0.1) is 21.5 Å². The summed E-state index contributed by atoms with van der Waals surface area (Å²) in [6.45, 7) is 3.53. The van der Waals surface area contributed by atoms with Gasteiger partial charge in [0.1, 0.15) is 5.75 Å². The van der Waals surface area contributed by atoms with Crippen molar-refractivity contribution in [3.63, 3.8) is 0 Å². The first-order valence-electron chi connectivity index (χ1n) is 9.55. The van der Waals surface area contributed by atoms with E-state index in [0.717, 1.165) is 33.7 Å². The standard InChI is InChI=1S/C22H21N5O2S2/c1-14-4-8-18(9-5-14)27-20(16-6-10-19(29-3)11-7-16)25-26-22(27)31-13-17-12-30-21(24-17)23-15(2)28/h4-12H,13H2,1-3H3,(H,23,24,28). The third kappa shape index (κ3) is 4.95. The van der Waals surface area contributed by atoms with Gasteiger partial charge in [-0.05, 0) is 43.3 Å². The lowest BCUT2D eigenvalue weighted by Crippen LogP contribution is -2.05. The second kappa shape index (κ2) is 9.32. The van der Waals surface area contributed by atoms with E-state index in [9.17, 15) is 4.79 Å². The van der Waals surface area contributed by atoms with Gasteiger partial charge in [0, 0.05) is 29.3 Å². The highest BCUT2D eigenvalue weighted by atomic mass is 32.2. The molecule has 0 saturated heterocycles. The molecule has 0 saturated carbocycles. The topological polar surface area (TPSA) is 81.9 Å². The molecule has 1 N–H and O–H groups in total. The van der Waals surface area contributed by atoms with E-state index in [1.54, 1.807) is 18.9 Å². The first-order valence-corrected chi connectivity index (χ1v) is 11.4. The van der Waals surface area contributed by atoms with Gasteiger partial charge >= 0.3 is 0 Å². The number of hydrogen-bond donors (Lipinski definition) is 1. The van der Waals surface area contributed by atoms with E-state index in [4.69, 9.17) is 4.74 Å². The molecule has 0 aliphatic heterocycles. The molecule has 0 atom stereocenters. The Balaban J connectivity index is 1.65. The SMILES string of the molecule is COc1ccc(-c2nnc(SCc3csc(NC(C)=O)n3)n2-c2ccc(C)cc2)cc1. The van der Waals surface area contributed by atoms with Crippen molar-refractivity contribution in [1.29, 1.82) is 0 Å². The summed E-state index contributed by atoms with van der Waals surface area (Å²) < 4.78 is 7.32. The van der Waals surface area contributed by atoms with Crippen molar-refractivity contribution in [1.82, 2.24) is 19.7 Å². The molecule has 0 bridgehead atoms. The number of rotatable bonds is 7. The normalized spacial score (nSPS) is 10.8. The van der Waals surface area contributed by atoms with Crippen LogP contribution in [0.1, 0.15) is 18.2 Å². The zero-order chi connectivity index (χ0) is 21.8. The number of amides is 1. The molecule has 7 nitrogen and oxygen atoms in total. The second-order valence-electron chi connectivity index (χ2n) is 6.82. The zero-order valence-corrected chi connectivity index (χ0v) is 19.0. The number of methoxy groups -OCH3 is 1. The van der Waals surface area contributed by atoms with Crippen LogP contribution in [0.4, 0.5) is 5.13 Å². The number of benzene rings is 2. The van der Waals surface area contributed by atoms with Crippen LogP contribution in [0.15, 0.2) is 59.1 Å². The van der Waals surface area contributed by atoms with Gasteiger partial charge in [0.2, 0.25) is 5.91 Å². The summed E-state index contributed by atoms with van der Waals surface area (Å²) in [5, 5.41) is 15.0. The summed E-state index contributed by atoms with van der Waals surface area (Å²) in [6.07, 6.45) is 0. The van der Waals surface area contributed by atoms with Crippen LogP contribution in [0.25, 0.3) is 17.1 Å². The summed E-state index contributed by atoms with van der Waals surface area (Å²) in [5.41, 5.74) is 4.00. The minimum atomic E-state index is -0.128. The first-order chi connectivity index (χ1) is 15.0. The number of ether oxygens (including phenoxy) is 1. The highest BCUT2D eigenvalue weighted by Gasteiger charge is 2.17. The maximum absolute atomic E-state index is 11.2. The largest absolute Gasteiger partial charge is 0.497 e. The van der Waals surface area contributed by atoms with E-state index >= 15 is 0 Å². The van der Waals surface area contributed by atoms with E-state index in [0.29, 0.717) is 10.9 Å². The van der Waals surface area contributed by atoms with E-state index in [-0.39, 0.29) is 5.91 Å². The van der Waals surface area contributed by atoms with Gasteiger partial charge in [-0.3, -0.25) is 9.36 Å². The van der Waals surface area contributed by atoms with Crippen molar-refractivity contribution in [2.45, 2.75) is 24.8 Å². The highest BCUT2D eigenvalue weighted by Crippen LogP contribution is 2.31. The molecule has 4 aromatic rings. The lowest BCUT2D eigenvalue weighted by atomic mass is 10.2. The zero-order valence-electron chi connectivity index (χ0n) is 17.3. The molecule has 0 aliphatic carbocycles. The molecule has 2 heterocycles. The molecule has 158 valence electrons. The molecule has 2 aromatic carbocycles. The fourth-order valence-corrected chi connectivity index (χ4v) is 4.64. The lowest BCUT2D eigenvalue weighted by molar-refractivity contribution is -0.114. The van der Waals surface area contributed by atoms with Gasteiger partial charge in [0.25, 0.3) is 0 Å². The highest BCUT2D eigenvalue weighted by molar-refractivity contribution is 7.98. The average molecular weight is 452 g/mol. The molecule has 0 radical (unpaired) electrons. The number of thiazole rings is 1. The summed E-state index contributed by atoms with van der Waals surface area (Å²) in [5.74, 6) is 2.03. The molecule has 0 spiro atoms. The van der Waals surface area contributed by atoms with E-state index in [1.807, 2.05) is 34.2 Å². The number of aryl methyl sites for hydroxylation is 1. The Kier molecular flexibility index (Phi) is 6.34. The second-order valence-corrected chi connectivity index (χ2v) is 8.62. The average Bonchev–Trinajstić information content (AvgIpc) is 3.39. The number of carbonyl (C=O) groups is 1. The van der Waals surface area contributed by atoms with Crippen molar-refractivity contribution >= 4 is 34.1 Å². The Morgan fingerprint density at radius 1 is 1.13 bits per heavy atom. The van der Waals surface area contributed by atoms with Crippen LogP contribution in [0.2, 0.25) is 0 Å². The van der Waals surface area contributed by atoms with Crippen LogP contribution in [-0.2, 0) is 10.5 Å². The van der Waals surface area contributed by atoms with Crippen LogP contribution in [0.3, 0.4) is 0 Å². The van der Waals surface area contributed by atoms with Crippen molar-refractivity contribution in [2.75, 3.05) is 12.4 Å². The van der Waals surface area contributed by atoms with Gasteiger partial charge in [-0.2, -0.15) is 0 Å². The Labute approximate surface area is 188 Å². The molecule has 4 rings (SSSR count). The fraction of sp³-hybridized carbons (Fsp3) is 0.182. The van der Waals surface area contributed by atoms with E-state index < -0.39 is 0 Å².